The molecule has 6 rings (SSSR count). The number of sulfone groups is 1. The summed E-state index contributed by atoms with van der Waals surface area (Å²) in [6.45, 7) is 0. The van der Waals surface area contributed by atoms with Crippen molar-refractivity contribution >= 4 is 15.8 Å². The molecule has 31 heavy (non-hydrogen) atoms. The van der Waals surface area contributed by atoms with Crippen molar-refractivity contribution in [2.24, 2.45) is 17.8 Å². The standard InChI is InChI=1S/C25H28O5S/c1-30-23-6-5-21(31(28,29)20-4-2-3-16(10-20)11-24(26)27)12-22(23)25-13-17-7-18(14-25)9-19(8-17)15-25/h2-6,10,12,17-19H,7-9,11,13-15H2,1H3,(H,26,27). The first-order valence-corrected chi connectivity index (χ1v) is 12.5. The largest absolute Gasteiger partial charge is 0.496 e. The van der Waals surface area contributed by atoms with Crippen LogP contribution in [0.3, 0.4) is 0 Å². The smallest absolute Gasteiger partial charge is 0.307 e. The molecular weight excluding hydrogens is 412 g/mol. The molecule has 0 heterocycles. The molecule has 5 nitrogen and oxygen atoms in total. The highest BCUT2D eigenvalue weighted by atomic mass is 32.2. The molecule has 4 aliphatic carbocycles. The summed E-state index contributed by atoms with van der Waals surface area (Å²) in [4.78, 5) is 11.4. The molecule has 0 atom stereocenters. The molecule has 4 saturated carbocycles. The van der Waals surface area contributed by atoms with E-state index < -0.39 is 15.8 Å². The Bertz CT molecular complexity index is 1100. The maximum Gasteiger partial charge on any atom is 0.307 e. The molecule has 2 aromatic carbocycles. The van der Waals surface area contributed by atoms with E-state index in [-0.39, 0.29) is 21.6 Å². The molecule has 0 saturated heterocycles. The van der Waals surface area contributed by atoms with Crippen LogP contribution in [0.1, 0.15) is 49.7 Å². The predicted molar refractivity (Wildman–Crippen MR) is 116 cm³/mol. The van der Waals surface area contributed by atoms with E-state index in [4.69, 9.17) is 9.84 Å². The maximum absolute atomic E-state index is 13.5. The van der Waals surface area contributed by atoms with Crippen molar-refractivity contribution in [3.05, 3.63) is 53.6 Å². The van der Waals surface area contributed by atoms with Crippen molar-refractivity contribution in [2.45, 2.75) is 60.2 Å². The van der Waals surface area contributed by atoms with Gasteiger partial charge >= 0.3 is 5.97 Å². The molecule has 164 valence electrons. The van der Waals surface area contributed by atoms with Crippen molar-refractivity contribution < 1.29 is 23.1 Å². The van der Waals surface area contributed by atoms with Crippen molar-refractivity contribution in [3.63, 3.8) is 0 Å². The minimum absolute atomic E-state index is 0.0107. The van der Waals surface area contributed by atoms with E-state index in [9.17, 15) is 13.2 Å². The van der Waals surface area contributed by atoms with Gasteiger partial charge in [-0.1, -0.05) is 12.1 Å². The fourth-order valence-electron chi connectivity index (χ4n) is 6.84. The lowest BCUT2D eigenvalue weighted by Crippen LogP contribution is -2.48. The SMILES string of the molecule is COc1ccc(S(=O)(=O)c2cccc(CC(=O)O)c2)cc1C12CC3CC(CC(C3)C1)C2. The molecule has 0 unspecified atom stereocenters. The Morgan fingerprint density at radius 3 is 2.19 bits per heavy atom. The third-order valence-corrected chi connectivity index (χ3v) is 9.40. The number of hydrogen-bond acceptors (Lipinski definition) is 4. The highest BCUT2D eigenvalue weighted by Crippen LogP contribution is 2.62. The third-order valence-electron chi connectivity index (χ3n) is 7.65. The van der Waals surface area contributed by atoms with E-state index in [1.807, 2.05) is 6.07 Å². The Morgan fingerprint density at radius 1 is 1.00 bits per heavy atom. The Kier molecular flexibility index (Phi) is 4.88. The van der Waals surface area contributed by atoms with Crippen LogP contribution in [0.5, 0.6) is 5.75 Å². The molecule has 4 bridgehead atoms. The average molecular weight is 441 g/mol. The quantitative estimate of drug-likeness (QED) is 0.709. The molecule has 0 aliphatic heterocycles. The van der Waals surface area contributed by atoms with Gasteiger partial charge in [0.25, 0.3) is 0 Å². The summed E-state index contributed by atoms with van der Waals surface area (Å²) in [6.07, 6.45) is 7.10. The first-order chi connectivity index (χ1) is 14.8. The van der Waals surface area contributed by atoms with Gasteiger partial charge in [-0.25, -0.2) is 8.42 Å². The van der Waals surface area contributed by atoms with Gasteiger partial charge in [-0.05, 0) is 97.6 Å². The minimum atomic E-state index is -3.76. The van der Waals surface area contributed by atoms with Crippen molar-refractivity contribution in [2.75, 3.05) is 7.11 Å². The summed E-state index contributed by atoms with van der Waals surface area (Å²) in [7, 11) is -2.11. The first kappa shape index (κ1) is 20.6. The van der Waals surface area contributed by atoms with E-state index in [2.05, 4.69) is 0 Å². The molecule has 6 heteroatoms. The summed E-state index contributed by atoms with van der Waals surface area (Å²) in [5, 5.41) is 9.06. The molecule has 0 aromatic heterocycles. The monoisotopic (exact) mass is 440 g/mol. The van der Waals surface area contributed by atoms with Gasteiger partial charge < -0.3 is 9.84 Å². The van der Waals surface area contributed by atoms with E-state index in [1.54, 1.807) is 31.4 Å². The van der Waals surface area contributed by atoms with Gasteiger partial charge in [0.05, 0.1) is 23.3 Å². The van der Waals surface area contributed by atoms with Gasteiger partial charge in [0.1, 0.15) is 5.75 Å². The van der Waals surface area contributed by atoms with Crippen molar-refractivity contribution in [1.29, 1.82) is 0 Å². The number of carboxylic acids is 1. The van der Waals surface area contributed by atoms with Crippen LogP contribution in [-0.4, -0.2) is 26.6 Å². The lowest BCUT2D eigenvalue weighted by Gasteiger charge is -2.57. The van der Waals surface area contributed by atoms with Crippen molar-refractivity contribution in [1.82, 2.24) is 0 Å². The van der Waals surface area contributed by atoms with E-state index in [0.717, 1.165) is 48.3 Å². The summed E-state index contributed by atoms with van der Waals surface area (Å²) < 4.78 is 32.6. The zero-order valence-electron chi connectivity index (χ0n) is 17.7. The summed E-state index contributed by atoms with van der Waals surface area (Å²) in [5.74, 6) is 2.01. The number of carbonyl (C=O) groups is 1. The summed E-state index contributed by atoms with van der Waals surface area (Å²) >= 11 is 0. The normalized spacial score (nSPS) is 29.1. The number of benzene rings is 2. The van der Waals surface area contributed by atoms with Crippen LogP contribution in [0, 0.1) is 17.8 Å². The third kappa shape index (κ3) is 3.55. The zero-order valence-corrected chi connectivity index (χ0v) is 18.5. The van der Waals surface area contributed by atoms with Gasteiger partial charge in [0, 0.05) is 5.56 Å². The molecule has 4 fully saturated rings. The Hall–Kier alpha value is -2.34. The second-order valence-electron chi connectivity index (χ2n) is 9.78. The highest BCUT2D eigenvalue weighted by Gasteiger charge is 2.52. The number of rotatable bonds is 6. The lowest BCUT2D eigenvalue weighted by atomic mass is 9.48. The summed E-state index contributed by atoms with van der Waals surface area (Å²) in [5.41, 5.74) is 1.52. The van der Waals surface area contributed by atoms with Gasteiger partial charge in [-0.3, -0.25) is 4.79 Å². The molecule has 1 N–H and O–H groups in total. The average Bonchev–Trinajstić information content (AvgIpc) is 2.72. The first-order valence-electron chi connectivity index (χ1n) is 11.0. The summed E-state index contributed by atoms with van der Waals surface area (Å²) in [6, 6.07) is 11.5. The van der Waals surface area contributed by atoms with E-state index in [1.165, 1.54) is 31.4 Å². The van der Waals surface area contributed by atoms with Crippen molar-refractivity contribution in [3.8, 4) is 5.75 Å². The van der Waals surface area contributed by atoms with Gasteiger partial charge in [0.2, 0.25) is 9.84 Å². The number of hydrogen-bond donors (Lipinski definition) is 1. The second-order valence-corrected chi connectivity index (χ2v) is 11.7. The van der Waals surface area contributed by atoms with Gasteiger partial charge in [-0.15, -0.1) is 0 Å². The fourth-order valence-corrected chi connectivity index (χ4v) is 8.20. The Labute approximate surface area is 183 Å². The van der Waals surface area contributed by atoms with Crippen LogP contribution in [-0.2, 0) is 26.5 Å². The van der Waals surface area contributed by atoms with Crippen LogP contribution in [0.4, 0.5) is 0 Å². The topological polar surface area (TPSA) is 80.7 Å². The Morgan fingerprint density at radius 2 is 1.61 bits per heavy atom. The van der Waals surface area contributed by atoms with Crippen LogP contribution >= 0.6 is 0 Å². The molecule has 0 amide bonds. The Balaban J connectivity index is 1.57. The molecule has 0 radical (unpaired) electrons. The zero-order chi connectivity index (χ0) is 21.8. The fraction of sp³-hybridized carbons (Fsp3) is 0.480. The molecule has 0 spiro atoms. The number of aliphatic carboxylic acids is 1. The van der Waals surface area contributed by atoms with E-state index >= 15 is 0 Å². The number of methoxy groups -OCH3 is 1. The van der Waals surface area contributed by atoms with Gasteiger partial charge in [0.15, 0.2) is 0 Å². The van der Waals surface area contributed by atoms with Gasteiger partial charge in [-0.2, -0.15) is 0 Å². The molecule has 4 aliphatic rings. The predicted octanol–water partition coefficient (Wildman–Crippen LogP) is 4.62. The maximum atomic E-state index is 13.5. The minimum Gasteiger partial charge on any atom is -0.496 e. The second kappa shape index (κ2) is 7.37. The van der Waals surface area contributed by atoms with Crippen LogP contribution in [0.2, 0.25) is 0 Å². The number of carboxylic acid groups (broad SMARTS) is 1. The molecular formula is C25H28O5S. The van der Waals surface area contributed by atoms with Crippen LogP contribution < -0.4 is 4.74 Å². The molecule has 2 aromatic rings. The lowest BCUT2D eigenvalue weighted by molar-refractivity contribution is -0.136. The van der Waals surface area contributed by atoms with Crippen LogP contribution in [0.25, 0.3) is 0 Å². The van der Waals surface area contributed by atoms with E-state index in [0.29, 0.717) is 5.56 Å². The van der Waals surface area contributed by atoms with Crippen LogP contribution in [0.15, 0.2) is 52.3 Å². The number of ether oxygens (including phenoxy) is 1. The highest BCUT2D eigenvalue weighted by molar-refractivity contribution is 7.91.